The molecule has 1 aromatic heterocycles. The van der Waals surface area contributed by atoms with E-state index in [4.69, 9.17) is 10.5 Å². The smallest absolute Gasteiger partial charge is 0.244 e. The van der Waals surface area contributed by atoms with Gasteiger partial charge in [-0.25, -0.2) is 13.1 Å². The molecular weight excluding hydrogens is 268 g/mol. The predicted octanol–water partition coefficient (Wildman–Crippen LogP) is 0.0242. The van der Waals surface area contributed by atoms with Crippen LogP contribution in [0.5, 0.6) is 0 Å². The number of hydrogen-bond acceptors (Lipinski definition) is 5. The predicted molar refractivity (Wildman–Crippen MR) is 70.0 cm³/mol. The van der Waals surface area contributed by atoms with Gasteiger partial charge in [-0.1, -0.05) is 0 Å². The van der Waals surface area contributed by atoms with Crippen LogP contribution in [0.4, 0.5) is 0 Å². The van der Waals surface area contributed by atoms with E-state index in [0.717, 1.165) is 0 Å². The quantitative estimate of drug-likeness (QED) is 0.723. The Balaban J connectivity index is 2.29. The van der Waals surface area contributed by atoms with E-state index in [1.807, 2.05) is 6.92 Å². The van der Waals surface area contributed by atoms with E-state index in [0.29, 0.717) is 37.4 Å². The van der Waals surface area contributed by atoms with Crippen LogP contribution in [0.15, 0.2) is 4.90 Å². The summed E-state index contributed by atoms with van der Waals surface area (Å²) in [4.78, 5) is 0.169. The molecule has 1 saturated heterocycles. The van der Waals surface area contributed by atoms with Crippen LogP contribution in [0.25, 0.3) is 0 Å². The first kappa shape index (κ1) is 14.4. The number of aromatic amines is 1. The van der Waals surface area contributed by atoms with Gasteiger partial charge >= 0.3 is 0 Å². The Hall–Kier alpha value is -0.960. The number of nitrogens with one attached hydrogen (secondary N) is 2. The summed E-state index contributed by atoms with van der Waals surface area (Å²) in [5, 5.41) is 6.59. The summed E-state index contributed by atoms with van der Waals surface area (Å²) in [6.07, 6.45) is 1.31. The van der Waals surface area contributed by atoms with Crippen molar-refractivity contribution in [1.82, 2.24) is 14.9 Å². The fourth-order valence-electron chi connectivity index (χ4n) is 2.26. The monoisotopic (exact) mass is 288 g/mol. The van der Waals surface area contributed by atoms with Gasteiger partial charge in [0, 0.05) is 25.3 Å². The zero-order valence-corrected chi connectivity index (χ0v) is 12.0. The molecule has 108 valence electrons. The maximum Gasteiger partial charge on any atom is 0.244 e. The van der Waals surface area contributed by atoms with Crippen LogP contribution >= 0.6 is 0 Å². The highest BCUT2D eigenvalue weighted by atomic mass is 32.2. The zero-order chi connectivity index (χ0) is 14.1. The molecule has 0 amide bonds. The molecule has 1 aliphatic heterocycles. The van der Waals surface area contributed by atoms with Gasteiger partial charge in [0.1, 0.15) is 4.90 Å². The van der Waals surface area contributed by atoms with Gasteiger partial charge in [0.05, 0.1) is 11.4 Å². The second-order valence-corrected chi connectivity index (χ2v) is 6.73. The van der Waals surface area contributed by atoms with Crippen molar-refractivity contribution < 1.29 is 13.2 Å². The molecule has 1 aliphatic rings. The number of nitrogens with zero attached hydrogens (tertiary/aromatic N) is 1. The Morgan fingerprint density at radius 1 is 1.47 bits per heavy atom. The fraction of sp³-hybridized carbons (Fsp3) is 0.727. The lowest BCUT2D eigenvalue weighted by Gasteiger charge is -2.34. The number of hydrogen-bond donors (Lipinski definition) is 3. The molecule has 0 bridgehead atoms. The van der Waals surface area contributed by atoms with Crippen molar-refractivity contribution in [2.45, 2.75) is 43.7 Å². The number of ether oxygens (including phenoxy) is 1. The number of aromatic nitrogens is 2. The highest BCUT2D eigenvalue weighted by Crippen LogP contribution is 2.25. The van der Waals surface area contributed by atoms with E-state index in [1.54, 1.807) is 6.92 Å². The highest BCUT2D eigenvalue weighted by molar-refractivity contribution is 7.89. The summed E-state index contributed by atoms with van der Waals surface area (Å²) in [5.41, 5.74) is 5.92. The summed E-state index contributed by atoms with van der Waals surface area (Å²) in [7, 11) is -3.63. The van der Waals surface area contributed by atoms with Crippen LogP contribution in [0.1, 0.15) is 31.2 Å². The average Bonchev–Trinajstić information content (AvgIpc) is 2.70. The van der Waals surface area contributed by atoms with Crippen LogP contribution in [0.2, 0.25) is 0 Å². The van der Waals surface area contributed by atoms with Crippen LogP contribution in [-0.4, -0.2) is 37.4 Å². The van der Waals surface area contributed by atoms with Crippen LogP contribution in [0.3, 0.4) is 0 Å². The SMILES string of the molecule is Cc1[nH]nc(CN)c1S(=O)(=O)NC1(C)CCOCC1. The van der Waals surface area contributed by atoms with Gasteiger partial charge in [-0.2, -0.15) is 5.10 Å². The van der Waals surface area contributed by atoms with E-state index in [1.165, 1.54) is 0 Å². The molecule has 0 aliphatic carbocycles. The van der Waals surface area contributed by atoms with E-state index in [9.17, 15) is 8.42 Å². The first-order chi connectivity index (χ1) is 8.88. The average molecular weight is 288 g/mol. The van der Waals surface area contributed by atoms with Crippen molar-refractivity contribution in [3.8, 4) is 0 Å². The number of rotatable bonds is 4. The molecule has 1 aromatic rings. The number of nitrogens with two attached hydrogens (primary N) is 1. The number of aryl methyl sites for hydroxylation is 1. The maximum absolute atomic E-state index is 12.5. The minimum atomic E-state index is -3.63. The largest absolute Gasteiger partial charge is 0.381 e. The normalized spacial score (nSPS) is 19.5. The van der Waals surface area contributed by atoms with Crippen LogP contribution < -0.4 is 10.5 Å². The molecule has 7 nitrogen and oxygen atoms in total. The van der Waals surface area contributed by atoms with Gasteiger partial charge in [-0.3, -0.25) is 5.10 Å². The number of sulfonamides is 1. The van der Waals surface area contributed by atoms with Gasteiger partial charge < -0.3 is 10.5 Å². The van der Waals surface area contributed by atoms with Gasteiger partial charge in [-0.05, 0) is 26.7 Å². The Bertz CT molecular complexity index is 546. The van der Waals surface area contributed by atoms with E-state index < -0.39 is 15.6 Å². The van der Waals surface area contributed by atoms with Crippen molar-refractivity contribution in [3.63, 3.8) is 0 Å². The third-order valence-corrected chi connectivity index (χ3v) is 5.24. The Morgan fingerprint density at radius 3 is 2.68 bits per heavy atom. The third-order valence-electron chi connectivity index (χ3n) is 3.40. The molecule has 0 radical (unpaired) electrons. The molecule has 0 aromatic carbocycles. The molecular formula is C11H20N4O3S. The Morgan fingerprint density at radius 2 is 2.11 bits per heavy atom. The second kappa shape index (κ2) is 5.20. The Labute approximate surface area is 113 Å². The first-order valence-electron chi connectivity index (χ1n) is 6.24. The van der Waals surface area contributed by atoms with E-state index in [2.05, 4.69) is 14.9 Å². The minimum Gasteiger partial charge on any atom is -0.381 e. The van der Waals surface area contributed by atoms with Gasteiger partial charge in [0.2, 0.25) is 10.0 Å². The molecule has 2 rings (SSSR count). The molecule has 8 heteroatoms. The lowest BCUT2D eigenvalue weighted by molar-refractivity contribution is 0.0537. The molecule has 19 heavy (non-hydrogen) atoms. The maximum atomic E-state index is 12.5. The van der Waals surface area contributed by atoms with E-state index >= 15 is 0 Å². The molecule has 0 spiro atoms. The number of H-pyrrole nitrogens is 1. The van der Waals surface area contributed by atoms with Crippen molar-refractivity contribution in [2.24, 2.45) is 5.73 Å². The standard InChI is InChI=1S/C11H20N4O3S/c1-8-10(9(7-12)14-13-8)19(16,17)15-11(2)3-5-18-6-4-11/h15H,3-7,12H2,1-2H3,(H,13,14). The highest BCUT2D eigenvalue weighted by Gasteiger charge is 2.34. The van der Waals surface area contributed by atoms with E-state index in [-0.39, 0.29) is 11.4 Å². The summed E-state index contributed by atoms with van der Waals surface area (Å²) in [6.45, 7) is 4.78. The lowest BCUT2D eigenvalue weighted by atomic mass is 9.94. The van der Waals surface area contributed by atoms with Crippen molar-refractivity contribution in [1.29, 1.82) is 0 Å². The van der Waals surface area contributed by atoms with Gasteiger partial charge in [-0.15, -0.1) is 0 Å². The van der Waals surface area contributed by atoms with Crippen molar-refractivity contribution in [3.05, 3.63) is 11.4 Å². The summed E-state index contributed by atoms with van der Waals surface area (Å²) in [5.74, 6) is 0. The van der Waals surface area contributed by atoms with Crippen LogP contribution in [-0.2, 0) is 21.3 Å². The molecule has 0 atom stereocenters. The van der Waals surface area contributed by atoms with Crippen molar-refractivity contribution >= 4 is 10.0 Å². The summed E-state index contributed by atoms with van der Waals surface area (Å²) < 4.78 is 33.0. The summed E-state index contributed by atoms with van der Waals surface area (Å²) in [6, 6.07) is 0. The third kappa shape index (κ3) is 2.97. The fourth-order valence-corrected chi connectivity index (χ4v) is 4.11. The van der Waals surface area contributed by atoms with Crippen LogP contribution in [0, 0.1) is 6.92 Å². The summed E-state index contributed by atoms with van der Waals surface area (Å²) >= 11 is 0. The second-order valence-electron chi connectivity index (χ2n) is 5.11. The molecule has 2 heterocycles. The Kier molecular flexibility index (Phi) is 3.95. The topological polar surface area (TPSA) is 110 Å². The first-order valence-corrected chi connectivity index (χ1v) is 7.72. The zero-order valence-electron chi connectivity index (χ0n) is 11.2. The van der Waals surface area contributed by atoms with Gasteiger partial charge in [0.25, 0.3) is 0 Å². The van der Waals surface area contributed by atoms with Crippen molar-refractivity contribution in [2.75, 3.05) is 13.2 Å². The minimum absolute atomic E-state index is 0.0837. The molecule has 1 fully saturated rings. The molecule has 0 saturated carbocycles. The lowest BCUT2D eigenvalue weighted by Crippen LogP contribution is -2.49. The molecule has 0 unspecified atom stereocenters. The van der Waals surface area contributed by atoms with Gasteiger partial charge in [0.15, 0.2) is 0 Å². The molecule has 4 N–H and O–H groups in total.